The fraction of sp³-hybridized carbons (Fsp3) is 0.571. The zero-order valence-corrected chi connectivity index (χ0v) is 13.0. The first-order chi connectivity index (χ1) is 9.45. The summed E-state index contributed by atoms with van der Waals surface area (Å²) in [5.74, 6) is 0. The molecule has 0 spiro atoms. The van der Waals surface area contributed by atoms with Gasteiger partial charge in [0.15, 0.2) is 0 Å². The van der Waals surface area contributed by atoms with Crippen molar-refractivity contribution < 1.29 is 4.92 Å². The maximum atomic E-state index is 10.8. The van der Waals surface area contributed by atoms with Gasteiger partial charge in [0.1, 0.15) is 5.02 Å². The van der Waals surface area contributed by atoms with Gasteiger partial charge < -0.3 is 10.2 Å². The average molecular weight is 300 g/mol. The predicted molar refractivity (Wildman–Crippen MR) is 82.2 cm³/mol. The molecule has 1 aromatic carbocycles. The van der Waals surface area contributed by atoms with Gasteiger partial charge in [-0.3, -0.25) is 10.1 Å². The zero-order chi connectivity index (χ0) is 15.1. The number of hydrogen-bond acceptors (Lipinski definition) is 4. The van der Waals surface area contributed by atoms with Crippen LogP contribution in [0.2, 0.25) is 5.02 Å². The first-order valence-corrected chi connectivity index (χ1v) is 7.17. The van der Waals surface area contributed by atoms with Crippen molar-refractivity contribution in [2.45, 2.75) is 32.9 Å². The maximum absolute atomic E-state index is 10.8. The summed E-state index contributed by atoms with van der Waals surface area (Å²) in [6, 6.07) is 5.46. The molecule has 112 valence electrons. The lowest BCUT2D eigenvalue weighted by molar-refractivity contribution is -0.384. The molecule has 0 aromatic heterocycles. The summed E-state index contributed by atoms with van der Waals surface area (Å²) >= 11 is 5.78. The van der Waals surface area contributed by atoms with Crippen molar-refractivity contribution in [3.63, 3.8) is 0 Å². The van der Waals surface area contributed by atoms with Gasteiger partial charge in [-0.25, -0.2) is 0 Å². The van der Waals surface area contributed by atoms with Crippen LogP contribution in [0.1, 0.15) is 25.8 Å². The van der Waals surface area contributed by atoms with Gasteiger partial charge in [0.05, 0.1) is 4.92 Å². The molecule has 0 fully saturated rings. The van der Waals surface area contributed by atoms with Crippen LogP contribution in [0.25, 0.3) is 0 Å². The second-order valence-corrected chi connectivity index (χ2v) is 5.36. The summed E-state index contributed by atoms with van der Waals surface area (Å²) in [7, 11) is 2.10. The third-order valence-corrected chi connectivity index (χ3v) is 3.84. The Balaban J connectivity index is 2.43. The molecular weight excluding hydrogens is 278 g/mol. The van der Waals surface area contributed by atoms with E-state index < -0.39 is 4.92 Å². The Morgan fingerprint density at radius 2 is 2.20 bits per heavy atom. The molecule has 1 atom stereocenters. The highest BCUT2D eigenvalue weighted by Crippen LogP contribution is 2.24. The van der Waals surface area contributed by atoms with Gasteiger partial charge in [-0.1, -0.05) is 24.6 Å². The fourth-order valence-corrected chi connectivity index (χ4v) is 2.01. The van der Waals surface area contributed by atoms with E-state index >= 15 is 0 Å². The third kappa shape index (κ3) is 5.07. The number of nitro groups is 1. The molecule has 0 bridgehead atoms. The molecule has 6 heteroatoms. The fourth-order valence-electron chi connectivity index (χ4n) is 1.83. The monoisotopic (exact) mass is 299 g/mol. The van der Waals surface area contributed by atoms with Gasteiger partial charge in [-0.05, 0) is 32.0 Å². The van der Waals surface area contributed by atoms with E-state index in [1.807, 2.05) is 0 Å². The van der Waals surface area contributed by atoms with E-state index in [0.29, 0.717) is 12.6 Å². The number of nitrogens with zero attached hydrogens (tertiary/aromatic N) is 2. The van der Waals surface area contributed by atoms with Crippen LogP contribution in [0.3, 0.4) is 0 Å². The van der Waals surface area contributed by atoms with E-state index in [4.69, 9.17) is 11.6 Å². The molecule has 1 aromatic rings. The van der Waals surface area contributed by atoms with Crippen LogP contribution in [-0.4, -0.2) is 36.0 Å². The van der Waals surface area contributed by atoms with Crippen LogP contribution in [0.15, 0.2) is 18.2 Å². The second-order valence-electron chi connectivity index (χ2n) is 4.96. The summed E-state index contributed by atoms with van der Waals surface area (Å²) in [6.07, 6.45) is 1.12. The molecular formula is C14H22ClN3O2. The molecule has 1 N–H and O–H groups in total. The molecule has 20 heavy (non-hydrogen) atoms. The van der Waals surface area contributed by atoms with Gasteiger partial charge in [0.2, 0.25) is 0 Å². The maximum Gasteiger partial charge on any atom is 0.288 e. The van der Waals surface area contributed by atoms with Crippen LogP contribution < -0.4 is 5.32 Å². The minimum absolute atomic E-state index is 0.0392. The van der Waals surface area contributed by atoms with Crippen LogP contribution in [0.4, 0.5) is 5.69 Å². The van der Waals surface area contributed by atoms with Crippen molar-refractivity contribution in [3.05, 3.63) is 38.9 Å². The van der Waals surface area contributed by atoms with E-state index in [2.05, 4.69) is 31.1 Å². The quantitative estimate of drug-likeness (QED) is 0.455. The number of likely N-dealkylation sites (N-methyl/N-ethyl adjacent to an activating group) is 1. The van der Waals surface area contributed by atoms with E-state index in [1.165, 1.54) is 6.07 Å². The molecule has 0 saturated heterocycles. The van der Waals surface area contributed by atoms with Gasteiger partial charge in [-0.15, -0.1) is 0 Å². The first kappa shape index (κ1) is 16.9. The van der Waals surface area contributed by atoms with Crippen molar-refractivity contribution in [1.29, 1.82) is 0 Å². The summed E-state index contributed by atoms with van der Waals surface area (Å²) < 4.78 is 0. The molecule has 1 unspecified atom stereocenters. The van der Waals surface area contributed by atoms with Crippen molar-refractivity contribution in [3.8, 4) is 0 Å². The molecule has 0 radical (unpaired) electrons. The summed E-state index contributed by atoms with van der Waals surface area (Å²) in [6.45, 7) is 6.76. The highest BCUT2D eigenvalue weighted by molar-refractivity contribution is 6.32. The normalized spacial score (nSPS) is 12.7. The average Bonchev–Trinajstić information content (AvgIpc) is 2.43. The number of nitrogens with one attached hydrogen (secondary N) is 1. The highest BCUT2D eigenvalue weighted by atomic mass is 35.5. The molecule has 5 nitrogen and oxygen atoms in total. The molecule has 1 rings (SSSR count). The SMILES string of the molecule is CCC(C)N(C)CCNCc1ccc(Cl)c([N+](=O)[O-])c1. The highest BCUT2D eigenvalue weighted by Gasteiger charge is 2.12. The Hall–Kier alpha value is -1.17. The molecule has 0 aliphatic heterocycles. The van der Waals surface area contributed by atoms with Crippen LogP contribution in [0.5, 0.6) is 0 Å². The molecule has 0 aliphatic rings. The molecule has 0 amide bonds. The number of nitro benzene ring substituents is 1. The first-order valence-electron chi connectivity index (χ1n) is 6.79. The second kappa shape index (κ2) is 8.19. The summed E-state index contributed by atoms with van der Waals surface area (Å²) in [4.78, 5) is 12.6. The minimum atomic E-state index is -0.456. The largest absolute Gasteiger partial charge is 0.311 e. The van der Waals surface area contributed by atoms with E-state index in [9.17, 15) is 10.1 Å². The van der Waals surface area contributed by atoms with Crippen molar-refractivity contribution >= 4 is 17.3 Å². The van der Waals surface area contributed by atoms with Gasteiger partial charge >= 0.3 is 0 Å². The smallest absolute Gasteiger partial charge is 0.288 e. The molecule has 0 saturated carbocycles. The standard InChI is InChI=1S/C14H22ClN3O2/c1-4-11(2)17(3)8-7-16-10-12-5-6-13(15)14(9-12)18(19)20/h5-6,9,11,16H,4,7-8,10H2,1-3H3. The Morgan fingerprint density at radius 1 is 1.50 bits per heavy atom. The lowest BCUT2D eigenvalue weighted by Crippen LogP contribution is -2.34. The Kier molecular flexibility index (Phi) is 6.91. The number of hydrogen-bond donors (Lipinski definition) is 1. The van der Waals surface area contributed by atoms with E-state index in [1.54, 1.807) is 12.1 Å². The minimum Gasteiger partial charge on any atom is -0.311 e. The Morgan fingerprint density at radius 3 is 2.80 bits per heavy atom. The van der Waals surface area contributed by atoms with Crippen LogP contribution in [0, 0.1) is 10.1 Å². The van der Waals surface area contributed by atoms with Gasteiger partial charge in [0.25, 0.3) is 5.69 Å². The van der Waals surface area contributed by atoms with Crippen molar-refractivity contribution in [1.82, 2.24) is 10.2 Å². The van der Waals surface area contributed by atoms with Crippen molar-refractivity contribution in [2.75, 3.05) is 20.1 Å². The number of halogens is 1. The lowest BCUT2D eigenvalue weighted by Gasteiger charge is -2.23. The molecule has 0 heterocycles. The zero-order valence-electron chi connectivity index (χ0n) is 12.2. The van der Waals surface area contributed by atoms with Crippen molar-refractivity contribution in [2.24, 2.45) is 0 Å². The predicted octanol–water partition coefficient (Wildman–Crippen LogP) is 3.07. The molecule has 0 aliphatic carbocycles. The topological polar surface area (TPSA) is 58.4 Å². The number of rotatable bonds is 8. The van der Waals surface area contributed by atoms with E-state index in [0.717, 1.165) is 25.1 Å². The van der Waals surface area contributed by atoms with E-state index in [-0.39, 0.29) is 10.7 Å². The van der Waals surface area contributed by atoms with Gasteiger partial charge in [-0.2, -0.15) is 0 Å². The number of benzene rings is 1. The van der Waals surface area contributed by atoms with Crippen LogP contribution in [-0.2, 0) is 6.54 Å². The van der Waals surface area contributed by atoms with Crippen LogP contribution >= 0.6 is 11.6 Å². The van der Waals surface area contributed by atoms with Gasteiger partial charge in [0, 0.05) is 31.7 Å². The summed E-state index contributed by atoms with van der Waals surface area (Å²) in [5.41, 5.74) is 0.829. The Labute approximate surface area is 125 Å². The summed E-state index contributed by atoms with van der Waals surface area (Å²) in [5, 5.41) is 14.3. The lowest BCUT2D eigenvalue weighted by atomic mass is 10.2. The third-order valence-electron chi connectivity index (χ3n) is 3.52. The Bertz CT molecular complexity index is 454.